The normalized spacial score (nSPS) is 10.5. The molecule has 0 aliphatic heterocycles. The molecule has 0 saturated heterocycles. The topological polar surface area (TPSA) is 77.2 Å². The molecule has 7 heteroatoms. The van der Waals surface area contributed by atoms with Gasteiger partial charge >= 0.3 is 0 Å². The van der Waals surface area contributed by atoms with Crippen LogP contribution in [0, 0.1) is 12.7 Å². The van der Waals surface area contributed by atoms with Gasteiger partial charge in [-0.2, -0.15) is 0 Å². The molecule has 1 aromatic heterocycles. The largest absolute Gasteiger partial charge is 0.484 e. The smallest absolute Gasteiger partial charge is 0.258 e. The number of nitrogens with one attached hydrogen (secondary N) is 1. The van der Waals surface area contributed by atoms with Crippen molar-refractivity contribution >= 4 is 5.91 Å². The third kappa shape index (κ3) is 4.63. The summed E-state index contributed by atoms with van der Waals surface area (Å²) in [5.41, 5.74) is 1.59. The average Bonchev–Trinajstić information content (AvgIpc) is 3.06. The number of hydrogen-bond donors (Lipinski definition) is 1. The second-order valence-electron chi connectivity index (χ2n) is 5.34. The van der Waals surface area contributed by atoms with Crippen molar-refractivity contribution in [2.75, 3.05) is 6.61 Å². The van der Waals surface area contributed by atoms with Crippen LogP contribution in [0.15, 0.2) is 52.9 Å². The fourth-order valence-electron chi connectivity index (χ4n) is 2.11. The summed E-state index contributed by atoms with van der Waals surface area (Å²) >= 11 is 0. The second kappa shape index (κ2) is 7.57. The lowest BCUT2D eigenvalue weighted by atomic mass is 10.2. The number of hydrogen-bond acceptors (Lipinski definition) is 5. The fraction of sp³-hybridized carbons (Fsp3) is 0.167. The van der Waals surface area contributed by atoms with E-state index in [-0.39, 0.29) is 18.3 Å². The van der Waals surface area contributed by atoms with Gasteiger partial charge in [0.1, 0.15) is 11.6 Å². The molecule has 0 aliphatic rings. The van der Waals surface area contributed by atoms with Crippen LogP contribution in [0.4, 0.5) is 4.39 Å². The van der Waals surface area contributed by atoms with E-state index in [0.717, 1.165) is 11.1 Å². The minimum atomic E-state index is -0.308. The van der Waals surface area contributed by atoms with Crippen molar-refractivity contribution in [3.05, 3.63) is 65.8 Å². The van der Waals surface area contributed by atoms with Gasteiger partial charge in [-0.05, 0) is 42.0 Å². The Morgan fingerprint density at radius 1 is 1.12 bits per heavy atom. The Kier molecular flexibility index (Phi) is 5.03. The monoisotopic (exact) mass is 341 g/mol. The van der Waals surface area contributed by atoms with Gasteiger partial charge in [0.2, 0.25) is 11.8 Å². The zero-order valence-corrected chi connectivity index (χ0v) is 13.5. The lowest BCUT2D eigenvalue weighted by molar-refractivity contribution is -0.123. The van der Waals surface area contributed by atoms with Crippen LogP contribution in [0.1, 0.15) is 11.5 Å². The minimum absolute atomic E-state index is 0.111. The Morgan fingerprint density at radius 2 is 1.84 bits per heavy atom. The number of carbonyl (C=O) groups excluding carboxylic acids is 1. The van der Waals surface area contributed by atoms with E-state index in [0.29, 0.717) is 24.1 Å². The summed E-state index contributed by atoms with van der Waals surface area (Å²) in [5.74, 6) is 0.907. The van der Waals surface area contributed by atoms with Gasteiger partial charge in [-0.3, -0.25) is 4.79 Å². The van der Waals surface area contributed by atoms with E-state index >= 15 is 0 Å². The van der Waals surface area contributed by atoms with Crippen LogP contribution in [0.3, 0.4) is 0 Å². The van der Waals surface area contributed by atoms with E-state index in [4.69, 9.17) is 9.15 Å². The molecule has 0 bridgehead atoms. The highest BCUT2D eigenvalue weighted by Gasteiger charge is 2.07. The van der Waals surface area contributed by atoms with Crippen molar-refractivity contribution < 1.29 is 18.3 Å². The van der Waals surface area contributed by atoms with Crippen molar-refractivity contribution in [3.63, 3.8) is 0 Å². The Morgan fingerprint density at radius 3 is 2.48 bits per heavy atom. The van der Waals surface area contributed by atoms with Gasteiger partial charge in [0, 0.05) is 19.0 Å². The van der Waals surface area contributed by atoms with Crippen LogP contribution in [0.5, 0.6) is 5.75 Å². The average molecular weight is 341 g/mol. The van der Waals surface area contributed by atoms with E-state index in [1.54, 1.807) is 43.3 Å². The molecule has 1 heterocycles. The molecule has 0 fully saturated rings. The number of halogens is 1. The quantitative estimate of drug-likeness (QED) is 0.746. The number of carbonyl (C=O) groups is 1. The molecule has 1 N–H and O–H groups in total. The maximum absolute atomic E-state index is 12.8. The summed E-state index contributed by atoms with van der Waals surface area (Å²) in [6.07, 6.45) is 0. The van der Waals surface area contributed by atoms with Crippen molar-refractivity contribution in [1.82, 2.24) is 15.5 Å². The molecule has 3 rings (SSSR count). The molecule has 0 radical (unpaired) electrons. The predicted molar refractivity (Wildman–Crippen MR) is 88.2 cm³/mol. The zero-order chi connectivity index (χ0) is 17.6. The molecule has 25 heavy (non-hydrogen) atoms. The van der Waals surface area contributed by atoms with Crippen LogP contribution in [-0.4, -0.2) is 22.7 Å². The lowest BCUT2D eigenvalue weighted by Gasteiger charge is -2.08. The van der Waals surface area contributed by atoms with Crippen molar-refractivity contribution in [1.29, 1.82) is 0 Å². The number of aromatic nitrogens is 2. The summed E-state index contributed by atoms with van der Waals surface area (Å²) in [6.45, 7) is 1.93. The summed E-state index contributed by atoms with van der Waals surface area (Å²) in [5, 5.41) is 10.4. The van der Waals surface area contributed by atoms with Gasteiger partial charge in [0.15, 0.2) is 6.61 Å². The fourth-order valence-corrected chi connectivity index (χ4v) is 2.11. The molecule has 0 spiro atoms. The highest BCUT2D eigenvalue weighted by Crippen LogP contribution is 2.21. The molecular formula is C18H16FN3O3. The van der Waals surface area contributed by atoms with Gasteiger partial charge in [-0.25, -0.2) is 4.39 Å². The number of nitrogens with zero attached hydrogens (tertiary/aromatic N) is 2. The number of amides is 1. The maximum Gasteiger partial charge on any atom is 0.258 e. The first-order valence-corrected chi connectivity index (χ1v) is 7.64. The Bertz CT molecular complexity index is 845. The summed E-state index contributed by atoms with van der Waals surface area (Å²) < 4.78 is 23.6. The number of rotatable bonds is 6. The summed E-state index contributed by atoms with van der Waals surface area (Å²) in [7, 11) is 0. The standard InChI is InChI=1S/C18H16FN3O3/c1-12-21-22-18(25-12)14-4-8-16(9-5-14)24-11-17(23)20-10-13-2-6-15(19)7-3-13/h2-9H,10-11H2,1H3,(H,20,23). The van der Waals surface area contributed by atoms with Gasteiger partial charge in [0.05, 0.1) is 0 Å². The van der Waals surface area contributed by atoms with E-state index in [1.165, 1.54) is 12.1 Å². The maximum atomic E-state index is 12.8. The number of ether oxygens (including phenoxy) is 1. The molecule has 128 valence electrons. The Balaban J connectivity index is 1.47. The molecule has 0 unspecified atom stereocenters. The molecule has 6 nitrogen and oxygen atoms in total. The molecule has 2 aromatic carbocycles. The predicted octanol–water partition coefficient (Wildman–Crippen LogP) is 2.88. The van der Waals surface area contributed by atoms with E-state index < -0.39 is 0 Å². The highest BCUT2D eigenvalue weighted by molar-refractivity contribution is 5.77. The summed E-state index contributed by atoms with van der Waals surface area (Å²) in [4.78, 5) is 11.8. The number of benzene rings is 2. The third-order valence-electron chi connectivity index (χ3n) is 3.40. The van der Waals surface area contributed by atoms with Crippen molar-refractivity contribution in [2.24, 2.45) is 0 Å². The second-order valence-corrected chi connectivity index (χ2v) is 5.34. The SMILES string of the molecule is Cc1nnc(-c2ccc(OCC(=O)NCc3ccc(F)cc3)cc2)o1. The van der Waals surface area contributed by atoms with Crippen LogP contribution in [0.2, 0.25) is 0 Å². The van der Waals surface area contributed by atoms with Gasteiger partial charge in [0.25, 0.3) is 5.91 Å². The first-order chi connectivity index (χ1) is 12.1. The Labute approximate surface area is 143 Å². The third-order valence-corrected chi connectivity index (χ3v) is 3.40. The van der Waals surface area contributed by atoms with Crippen molar-refractivity contribution in [3.8, 4) is 17.2 Å². The van der Waals surface area contributed by atoms with Crippen LogP contribution in [-0.2, 0) is 11.3 Å². The van der Waals surface area contributed by atoms with Gasteiger partial charge < -0.3 is 14.5 Å². The van der Waals surface area contributed by atoms with Crippen LogP contribution >= 0.6 is 0 Å². The van der Waals surface area contributed by atoms with Crippen molar-refractivity contribution in [2.45, 2.75) is 13.5 Å². The number of aryl methyl sites for hydroxylation is 1. The molecule has 1 amide bonds. The van der Waals surface area contributed by atoms with Crippen LogP contribution < -0.4 is 10.1 Å². The molecule has 0 atom stereocenters. The van der Waals surface area contributed by atoms with E-state index in [2.05, 4.69) is 15.5 Å². The molecule has 0 saturated carbocycles. The van der Waals surface area contributed by atoms with Crippen LogP contribution in [0.25, 0.3) is 11.5 Å². The highest BCUT2D eigenvalue weighted by atomic mass is 19.1. The van der Waals surface area contributed by atoms with Gasteiger partial charge in [-0.1, -0.05) is 12.1 Å². The molecular weight excluding hydrogens is 325 g/mol. The molecule has 0 aliphatic carbocycles. The van der Waals surface area contributed by atoms with E-state index in [1.807, 2.05) is 0 Å². The Hall–Kier alpha value is -3.22. The lowest BCUT2D eigenvalue weighted by Crippen LogP contribution is -2.28. The molecule has 3 aromatic rings. The first-order valence-electron chi connectivity index (χ1n) is 7.64. The minimum Gasteiger partial charge on any atom is -0.484 e. The zero-order valence-electron chi connectivity index (χ0n) is 13.5. The van der Waals surface area contributed by atoms with Gasteiger partial charge in [-0.15, -0.1) is 10.2 Å². The first kappa shape index (κ1) is 16.6. The summed E-state index contributed by atoms with van der Waals surface area (Å²) in [6, 6.07) is 12.9. The van der Waals surface area contributed by atoms with E-state index in [9.17, 15) is 9.18 Å².